The van der Waals surface area contributed by atoms with Crippen molar-refractivity contribution < 1.29 is 17.6 Å². The minimum atomic E-state index is -4.54. The van der Waals surface area contributed by atoms with Gasteiger partial charge in [-0.2, -0.15) is 13.2 Å². The van der Waals surface area contributed by atoms with Gasteiger partial charge >= 0.3 is 6.18 Å². The summed E-state index contributed by atoms with van der Waals surface area (Å²) in [6.07, 6.45) is -2.45. The molecule has 0 saturated heterocycles. The number of pyridine rings is 1. The molecule has 0 aliphatic heterocycles. The maximum atomic E-state index is 13.4. The maximum absolute atomic E-state index is 13.4. The van der Waals surface area contributed by atoms with Gasteiger partial charge in [0.2, 0.25) is 0 Å². The van der Waals surface area contributed by atoms with Crippen molar-refractivity contribution in [3.05, 3.63) is 63.6 Å². The number of halogens is 5. The molecule has 1 unspecified atom stereocenters. The van der Waals surface area contributed by atoms with E-state index < -0.39 is 23.6 Å². The van der Waals surface area contributed by atoms with Crippen LogP contribution >= 0.6 is 15.9 Å². The Morgan fingerprint density at radius 2 is 1.90 bits per heavy atom. The Kier molecular flexibility index (Phi) is 4.10. The van der Waals surface area contributed by atoms with E-state index in [9.17, 15) is 17.6 Å². The lowest BCUT2D eigenvalue weighted by Crippen LogP contribution is -2.19. The summed E-state index contributed by atoms with van der Waals surface area (Å²) in [6, 6.07) is 3.70. The molecule has 2 N–H and O–H groups in total. The van der Waals surface area contributed by atoms with E-state index in [-0.39, 0.29) is 15.6 Å². The smallest absolute Gasteiger partial charge is 0.320 e. The summed E-state index contributed by atoms with van der Waals surface area (Å²) in [4.78, 5) is 3.66. The highest BCUT2D eigenvalue weighted by molar-refractivity contribution is 9.10. The minimum Gasteiger partial charge on any atom is -0.320 e. The van der Waals surface area contributed by atoms with Gasteiger partial charge in [-0.3, -0.25) is 4.98 Å². The first-order chi connectivity index (χ1) is 9.30. The van der Waals surface area contributed by atoms with E-state index in [1.165, 1.54) is 12.1 Å². The summed E-state index contributed by atoms with van der Waals surface area (Å²) in [5.41, 5.74) is 4.99. The van der Waals surface area contributed by atoms with Gasteiger partial charge < -0.3 is 5.73 Å². The molecular formula is C13H9BrF4N2. The second kappa shape index (κ2) is 5.49. The first-order valence-corrected chi connectivity index (χ1v) is 6.31. The zero-order valence-electron chi connectivity index (χ0n) is 9.96. The topological polar surface area (TPSA) is 38.9 Å². The number of benzene rings is 1. The van der Waals surface area contributed by atoms with Crippen molar-refractivity contribution in [3.8, 4) is 0 Å². The third-order valence-corrected chi connectivity index (χ3v) is 3.44. The van der Waals surface area contributed by atoms with Crippen molar-refractivity contribution in [2.75, 3.05) is 0 Å². The molecule has 106 valence electrons. The average molecular weight is 349 g/mol. The molecule has 1 heterocycles. The van der Waals surface area contributed by atoms with E-state index in [4.69, 9.17) is 5.73 Å². The Morgan fingerprint density at radius 3 is 2.50 bits per heavy atom. The number of nitrogens with zero attached hydrogens (tertiary/aromatic N) is 1. The average Bonchev–Trinajstić information content (AvgIpc) is 2.40. The fraction of sp³-hybridized carbons (Fsp3) is 0.154. The molecule has 0 fully saturated rings. The minimum absolute atomic E-state index is 0.193. The van der Waals surface area contributed by atoms with Gasteiger partial charge in [-0.15, -0.1) is 0 Å². The van der Waals surface area contributed by atoms with E-state index >= 15 is 0 Å². The van der Waals surface area contributed by atoms with Crippen LogP contribution in [0.3, 0.4) is 0 Å². The van der Waals surface area contributed by atoms with Crippen molar-refractivity contribution in [1.29, 1.82) is 0 Å². The Hall–Kier alpha value is -1.47. The molecule has 0 spiro atoms. The molecule has 0 bridgehead atoms. The van der Waals surface area contributed by atoms with Crippen molar-refractivity contribution in [1.82, 2.24) is 4.98 Å². The highest BCUT2D eigenvalue weighted by Gasteiger charge is 2.35. The van der Waals surface area contributed by atoms with E-state index in [1.54, 1.807) is 0 Å². The van der Waals surface area contributed by atoms with Gasteiger partial charge in [0.05, 0.1) is 16.1 Å². The molecule has 2 rings (SSSR count). The van der Waals surface area contributed by atoms with Crippen LogP contribution in [-0.2, 0) is 6.18 Å². The summed E-state index contributed by atoms with van der Waals surface area (Å²) >= 11 is 2.97. The SMILES string of the molecule is NC(c1ccc(Br)c(F)c1)c1cnccc1C(F)(F)F. The molecule has 1 aromatic heterocycles. The van der Waals surface area contributed by atoms with Crippen molar-refractivity contribution in [2.45, 2.75) is 12.2 Å². The van der Waals surface area contributed by atoms with Gasteiger partial charge in [0.1, 0.15) is 5.82 Å². The van der Waals surface area contributed by atoms with Crippen molar-refractivity contribution in [3.63, 3.8) is 0 Å². The summed E-state index contributed by atoms with van der Waals surface area (Å²) in [6.45, 7) is 0. The Labute approximate surface area is 120 Å². The monoisotopic (exact) mass is 348 g/mol. The highest BCUT2D eigenvalue weighted by atomic mass is 79.9. The lowest BCUT2D eigenvalue weighted by Gasteiger charge is -2.18. The largest absolute Gasteiger partial charge is 0.416 e. The number of hydrogen-bond donors (Lipinski definition) is 1. The van der Waals surface area contributed by atoms with Crippen LogP contribution in [-0.4, -0.2) is 4.98 Å². The number of rotatable bonds is 2. The van der Waals surface area contributed by atoms with E-state index in [2.05, 4.69) is 20.9 Å². The van der Waals surface area contributed by atoms with Gasteiger partial charge in [0.25, 0.3) is 0 Å². The van der Waals surface area contributed by atoms with Gasteiger partial charge in [-0.05, 0) is 39.7 Å². The third-order valence-electron chi connectivity index (χ3n) is 2.80. The van der Waals surface area contributed by atoms with Crippen LogP contribution < -0.4 is 5.73 Å². The Morgan fingerprint density at radius 1 is 1.20 bits per heavy atom. The molecule has 1 atom stereocenters. The molecule has 0 amide bonds. The van der Waals surface area contributed by atoms with Gasteiger partial charge in [0.15, 0.2) is 0 Å². The van der Waals surface area contributed by atoms with Crippen LogP contribution in [0.1, 0.15) is 22.7 Å². The third kappa shape index (κ3) is 2.99. The Bertz CT molecular complexity index is 628. The number of alkyl halides is 3. The zero-order valence-corrected chi connectivity index (χ0v) is 11.5. The normalized spacial score (nSPS) is 13.3. The van der Waals surface area contributed by atoms with Crippen LogP contribution in [0.2, 0.25) is 0 Å². The predicted molar refractivity (Wildman–Crippen MR) is 69.4 cm³/mol. The molecule has 0 saturated carbocycles. The number of aromatic nitrogens is 1. The molecule has 0 aliphatic rings. The maximum Gasteiger partial charge on any atom is 0.416 e. The van der Waals surface area contributed by atoms with Crippen molar-refractivity contribution in [2.24, 2.45) is 5.73 Å². The van der Waals surface area contributed by atoms with E-state index in [0.717, 1.165) is 24.5 Å². The molecule has 2 nitrogen and oxygen atoms in total. The Balaban J connectivity index is 2.48. The van der Waals surface area contributed by atoms with Crippen LogP contribution in [0.5, 0.6) is 0 Å². The standard InChI is InChI=1S/C13H9BrF4N2/c14-10-2-1-7(5-11(10)15)12(19)8-6-20-4-3-9(8)13(16,17)18/h1-6,12H,19H2. The first-order valence-electron chi connectivity index (χ1n) is 5.52. The molecule has 2 aromatic rings. The molecule has 0 radical (unpaired) electrons. The molecule has 7 heteroatoms. The molecule has 0 aliphatic carbocycles. The quantitative estimate of drug-likeness (QED) is 0.831. The number of nitrogens with two attached hydrogens (primary N) is 1. The van der Waals surface area contributed by atoms with Crippen LogP contribution in [0.4, 0.5) is 17.6 Å². The van der Waals surface area contributed by atoms with Crippen LogP contribution in [0.25, 0.3) is 0 Å². The molecule has 1 aromatic carbocycles. The van der Waals surface area contributed by atoms with Crippen LogP contribution in [0.15, 0.2) is 41.1 Å². The van der Waals surface area contributed by atoms with Gasteiger partial charge in [-0.1, -0.05) is 6.07 Å². The van der Waals surface area contributed by atoms with Crippen molar-refractivity contribution >= 4 is 15.9 Å². The van der Waals surface area contributed by atoms with E-state index in [0.29, 0.717) is 0 Å². The summed E-state index contributed by atoms with van der Waals surface area (Å²) in [7, 11) is 0. The van der Waals surface area contributed by atoms with Crippen LogP contribution in [0, 0.1) is 5.82 Å². The molecule has 20 heavy (non-hydrogen) atoms. The van der Waals surface area contributed by atoms with Gasteiger partial charge in [-0.25, -0.2) is 4.39 Å². The first kappa shape index (κ1) is 14.9. The van der Waals surface area contributed by atoms with Gasteiger partial charge in [0, 0.05) is 18.0 Å². The zero-order chi connectivity index (χ0) is 14.9. The second-order valence-electron chi connectivity index (χ2n) is 4.11. The lowest BCUT2D eigenvalue weighted by atomic mass is 9.96. The second-order valence-corrected chi connectivity index (χ2v) is 4.97. The summed E-state index contributed by atoms with van der Waals surface area (Å²) in [5, 5.41) is 0. The summed E-state index contributed by atoms with van der Waals surface area (Å²) < 4.78 is 52.4. The van der Waals surface area contributed by atoms with E-state index in [1.807, 2.05) is 0 Å². The fourth-order valence-corrected chi connectivity index (χ4v) is 2.04. The lowest BCUT2D eigenvalue weighted by molar-refractivity contribution is -0.138. The summed E-state index contributed by atoms with van der Waals surface area (Å²) in [5.74, 6) is -0.588. The molecular weight excluding hydrogens is 340 g/mol. The highest BCUT2D eigenvalue weighted by Crippen LogP contribution is 2.35. The fourth-order valence-electron chi connectivity index (χ4n) is 1.80. The number of hydrogen-bond acceptors (Lipinski definition) is 2. The predicted octanol–water partition coefficient (Wildman–Crippen LogP) is 4.05.